The molecule has 1 fully saturated rings. The van der Waals surface area contributed by atoms with Crippen LogP contribution in [0.1, 0.15) is 0 Å². The molecule has 0 radical (unpaired) electrons. The molecule has 1 aromatic carbocycles. The van der Waals surface area contributed by atoms with E-state index in [1.165, 1.54) is 4.31 Å². The second kappa shape index (κ2) is 6.39. The summed E-state index contributed by atoms with van der Waals surface area (Å²) < 4.78 is 31.8. The van der Waals surface area contributed by atoms with Gasteiger partial charge in [-0.25, -0.2) is 8.42 Å². The highest BCUT2D eigenvalue weighted by molar-refractivity contribution is 7.89. The van der Waals surface area contributed by atoms with Gasteiger partial charge in [-0.05, 0) is 31.3 Å². The molecule has 0 saturated carbocycles. The molecule has 0 atom stereocenters. The van der Waals surface area contributed by atoms with Gasteiger partial charge in [-0.1, -0.05) is 12.7 Å². The van der Waals surface area contributed by atoms with Crippen molar-refractivity contribution in [2.75, 3.05) is 39.8 Å². The summed E-state index contributed by atoms with van der Waals surface area (Å²) in [5.41, 5.74) is 0. The van der Waals surface area contributed by atoms with Crippen molar-refractivity contribution in [2.45, 2.75) is 4.90 Å². The number of likely N-dealkylation sites (N-methyl/N-ethyl adjacent to an activating group) is 1. The number of hydrogen-bond acceptors (Lipinski definition) is 4. The van der Waals surface area contributed by atoms with Crippen molar-refractivity contribution in [3.05, 3.63) is 36.9 Å². The van der Waals surface area contributed by atoms with Gasteiger partial charge >= 0.3 is 0 Å². The van der Waals surface area contributed by atoms with Crippen molar-refractivity contribution < 1.29 is 13.2 Å². The van der Waals surface area contributed by atoms with E-state index in [0.29, 0.717) is 30.3 Å². The Morgan fingerprint density at radius 3 is 2.35 bits per heavy atom. The van der Waals surface area contributed by atoms with Crippen LogP contribution in [0.3, 0.4) is 0 Å². The van der Waals surface area contributed by atoms with Crippen LogP contribution in [0.2, 0.25) is 0 Å². The topological polar surface area (TPSA) is 49.9 Å². The molecule has 110 valence electrons. The second-order valence-electron chi connectivity index (χ2n) is 4.78. The van der Waals surface area contributed by atoms with Gasteiger partial charge < -0.3 is 9.64 Å². The zero-order valence-corrected chi connectivity index (χ0v) is 12.5. The Labute approximate surface area is 120 Å². The maximum atomic E-state index is 12.5. The molecule has 20 heavy (non-hydrogen) atoms. The van der Waals surface area contributed by atoms with Crippen LogP contribution >= 0.6 is 0 Å². The van der Waals surface area contributed by atoms with Crippen molar-refractivity contribution in [3.8, 4) is 5.75 Å². The highest BCUT2D eigenvalue weighted by Crippen LogP contribution is 2.20. The zero-order valence-electron chi connectivity index (χ0n) is 11.7. The molecule has 2 rings (SSSR count). The molecule has 1 heterocycles. The number of sulfonamides is 1. The van der Waals surface area contributed by atoms with Crippen molar-refractivity contribution in [1.29, 1.82) is 0 Å². The van der Waals surface area contributed by atoms with Gasteiger partial charge in [-0.15, -0.1) is 0 Å². The minimum Gasteiger partial charge on any atom is -0.490 e. The molecule has 1 aliphatic rings. The molecule has 0 aromatic heterocycles. The van der Waals surface area contributed by atoms with Gasteiger partial charge in [0.1, 0.15) is 12.4 Å². The van der Waals surface area contributed by atoms with Crippen molar-refractivity contribution in [3.63, 3.8) is 0 Å². The monoisotopic (exact) mass is 296 g/mol. The lowest BCUT2D eigenvalue weighted by atomic mass is 10.3. The Morgan fingerprint density at radius 1 is 1.20 bits per heavy atom. The Bertz CT molecular complexity index is 546. The molecule has 0 amide bonds. The van der Waals surface area contributed by atoms with Crippen LogP contribution in [0.4, 0.5) is 0 Å². The van der Waals surface area contributed by atoms with E-state index in [2.05, 4.69) is 11.5 Å². The summed E-state index contributed by atoms with van der Waals surface area (Å²) in [6.07, 6.45) is 1.65. The molecule has 0 spiro atoms. The van der Waals surface area contributed by atoms with Gasteiger partial charge in [0.25, 0.3) is 0 Å². The molecule has 1 aliphatic heterocycles. The Morgan fingerprint density at radius 2 is 1.80 bits per heavy atom. The lowest BCUT2D eigenvalue weighted by Gasteiger charge is -2.31. The number of hydrogen-bond donors (Lipinski definition) is 0. The highest BCUT2D eigenvalue weighted by atomic mass is 32.2. The average Bonchev–Trinajstić information content (AvgIpc) is 2.46. The fourth-order valence-corrected chi connectivity index (χ4v) is 3.46. The Balaban J connectivity index is 2.11. The molecule has 0 unspecified atom stereocenters. The van der Waals surface area contributed by atoms with Crippen molar-refractivity contribution in [2.24, 2.45) is 0 Å². The zero-order chi connectivity index (χ0) is 14.6. The van der Waals surface area contributed by atoms with Crippen LogP contribution in [0.5, 0.6) is 5.75 Å². The largest absolute Gasteiger partial charge is 0.490 e. The van der Waals surface area contributed by atoms with E-state index < -0.39 is 10.0 Å². The molecule has 0 N–H and O–H groups in total. The maximum Gasteiger partial charge on any atom is 0.243 e. The fourth-order valence-electron chi connectivity index (χ4n) is 2.04. The highest BCUT2D eigenvalue weighted by Gasteiger charge is 2.27. The van der Waals surface area contributed by atoms with Crippen LogP contribution in [-0.2, 0) is 10.0 Å². The predicted octanol–water partition coefficient (Wildman–Crippen LogP) is 1.19. The van der Waals surface area contributed by atoms with Gasteiger partial charge in [0.15, 0.2) is 0 Å². The number of benzene rings is 1. The number of rotatable bonds is 5. The molecular weight excluding hydrogens is 276 g/mol. The third kappa shape index (κ3) is 3.39. The first-order valence-corrected chi connectivity index (χ1v) is 8.00. The quantitative estimate of drug-likeness (QED) is 0.766. The summed E-state index contributed by atoms with van der Waals surface area (Å²) in [5, 5.41) is 0. The molecule has 1 aromatic rings. The average molecular weight is 296 g/mol. The van der Waals surface area contributed by atoms with Gasteiger partial charge in [0, 0.05) is 26.2 Å². The summed E-state index contributed by atoms with van der Waals surface area (Å²) in [4.78, 5) is 2.44. The van der Waals surface area contributed by atoms with Gasteiger partial charge in [-0.2, -0.15) is 4.31 Å². The second-order valence-corrected chi connectivity index (χ2v) is 6.72. The van der Waals surface area contributed by atoms with Crippen LogP contribution in [-0.4, -0.2) is 57.5 Å². The summed E-state index contributed by atoms with van der Waals surface area (Å²) in [6, 6.07) is 6.52. The first-order valence-electron chi connectivity index (χ1n) is 6.56. The Kier molecular flexibility index (Phi) is 4.80. The first-order chi connectivity index (χ1) is 9.54. The normalized spacial score (nSPS) is 17.9. The van der Waals surface area contributed by atoms with Gasteiger partial charge in [0.2, 0.25) is 10.0 Å². The number of ether oxygens (including phenoxy) is 1. The van der Waals surface area contributed by atoms with E-state index in [1.54, 1.807) is 30.3 Å². The summed E-state index contributed by atoms with van der Waals surface area (Å²) in [5.74, 6) is 0.641. The summed E-state index contributed by atoms with van der Waals surface area (Å²) in [6.45, 7) is 6.57. The maximum absolute atomic E-state index is 12.5. The third-order valence-electron chi connectivity index (χ3n) is 3.29. The molecule has 0 bridgehead atoms. The third-order valence-corrected chi connectivity index (χ3v) is 5.20. The van der Waals surface area contributed by atoms with Gasteiger partial charge in [0.05, 0.1) is 4.90 Å². The molecule has 0 aliphatic carbocycles. The smallest absolute Gasteiger partial charge is 0.243 e. The van der Waals surface area contributed by atoms with E-state index in [0.717, 1.165) is 13.1 Å². The van der Waals surface area contributed by atoms with E-state index in [-0.39, 0.29) is 0 Å². The van der Waals surface area contributed by atoms with Crippen LogP contribution in [0.25, 0.3) is 0 Å². The van der Waals surface area contributed by atoms with Crippen LogP contribution in [0.15, 0.2) is 41.8 Å². The number of nitrogens with zero attached hydrogens (tertiary/aromatic N) is 2. The van der Waals surface area contributed by atoms with Gasteiger partial charge in [-0.3, -0.25) is 0 Å². The minimum absolute atomic E-state index is 0.313. The summed E-state index contributed by atoms with van der Waals surface area (Å²) >= 11 is 0. The van der Waals surface area contributed by atoms with Crippen molar-refractivity contribution >= 4 is 10.0 Å². The van der Waals surface area contributed by atoms with Crippen molar-refractivity contribution in [1.82, 2.24) is 9.21 Å². The van der Waals surface area contributed by atoms with E-state index in [1.807, 2.05) is 7.05 Å². The van der Waals surface area contributed by atoms with E-state index in [4.69, 9.17) is 4.74 Å². The Hall–Kier alpha value is -1.37. The van der Waals surface area contributed by atoms with E-state index >= 15 is 0 Å². The lowest BCUT2D eigenvalue weighted by molar-refractivity contribution is 0.222. The van der Waals surface area contributed by atoms with Crippen LogP contribution in [0, 0.1) is 0 Å². The number of piperazine rings is 1. The summed E-state index contributed by atoms with van der Waals surface area (Å²) in [7, 11) is -1.40. The standard InChI is InChI=1S/C14H20N2O3S/c1-3-12-19-13-4-6-14(7-5-13)20(17,18)16-10-8-15(2)9-11-16/h3-7H,1,8-12H2,2H3. The van der Waals surface area contributed by atoms with E-state index in [9.17, 15) is 8.42 Å². The predicted molar refractivity (Wildman–Crippen MR) is 78.4 cm³/mol. The molecule has 6 heteroatoms. The molecule has 5 nitrogen and oxygen atoms in total. The lowest BCUT2D eigenvalue weighted by Crippen LogP contribution is -2.46. The SMILES string of the molecule is C=CCOc1ccc(S(=O)(=O)N2CCN(C)CC2)cc1. The fraction of sp³-hybridized carbons (Fsp3) is 0.429. The van der Waals surface area contributed by atoms with Crippen LogP contribution < -0.4 is 4.74 Å². The minimum atomic E-state index is -3.39. The molecule has 1 saturated heterocycles. The first kappa shape index (κ1) is 15.0. The molecular formula is C14H20N2O3S.